The third kappa shape index (κ3) is 4.65. The van der Waals surface area contributed by atoms with Gasteiger partial charge in [0.15, 0.2) is 5.69 Å². The molecule has 0 radical (unpaired) electrons. The summed E-state index contributed by atoms with van der Waals surface area (Å²) in [4.78, 5) is 26.1. The Kier molecular flexibility index (Phi) is 6.80. The molecule has 0 unspecified atom stereocenters. The number of halogens is 1. The average molecular weight is 494 g/mol. The molecular formula is C24H24BrN5O2. The second-order valence-corrected chi connectivity index (χ2v) is 8.40. The summed E-state index contributed by atoms with van der Waals surface area (Å²) in [7, 11) is 0. The van der Waals surface area contributed by atoms with Crippen LogP contribution in [0.25, 0.3) is 10.8 Å². The van der Waals surface area contributed by atoms with E-state index in [0.717, 1.165) is 29.3 Å². The lowest BCUT2D eigenvalue weighted by molar-refractivity contribution is 0.102. The van der Waals surface area contributed by atoms with Gasteiger partial charge in [-0.25, -0.2) is 9.36 Å². The van der Waals surface area contributed by atoms with Gasteiger partial charge in [0.25, 0.3) is 11.5 Å². The number of aryl methyl sites for hydroxylation is 1. The summed E-state index contributed by atoms with van der Waals surface area (Å²) < 4.78 is 4.10. The van der Waals surface area contributed by atoms with E-state index in [0.29, 0.717) is 29.7 Å². The average Bonchev–Trinajstić information content (AvgIpc) is 3.23. The minimum Gasteiger partial charge on any atom is -0.305 e. The van der Waals surface area contributed by atoms with E-state index in [9.17, 15) is 9.59 Å². The maximum atomic E-state index is 13.3. The van der Waals surface area contributed by atoms with Gasteiger partial charge < -0.3 is 5.32 Å². The third-order valence-electron chi connectivity index (χ3n) is 5.29. The van der Waals surface area contributed by atoms with Gasteiger partial charge in [0.05, 0.1) is 18.1 Å². The number of nitrogens with one attached hydrogen (secondary N) is 1. The van der Waals surface area contributed by atoms with Gasteiger partial charge in [-0.2, -0.15) is 10.2 Å². The molecule has 1 amide bonds. The van der Waals surface area contributed by atoms with Gasteiger partial charge in [-0.3, -0.25) is 9.59 Å². The third-order valence-corrected chi connectivity index (χ3v) is 6.07. The maximum Gasteiger partial charge on any atom is 0.277 e. The van der Waals surface area contributed by atoms with E-state index in [-0.39, 0.29) is 17.2 Å². The summed E-state index contributed by atoms with van der Waals surface area (Å²) in [5, 5.41) is 12.7. The Bertz CT molecular complexity index is 1310. The van der Waals surface area contributed by atoms with E-state index < -0.39 is 0 Å². The Morgan fingerprint density at radius 1 is 1.00 bits per heavy atom. The first-order chi connectivity index (χ1) is 15.6. The number of hydrogen-bond acceptors (Lipinski definition) is 4. The van der Waals surface area contributed by atoms with Gasteiger partial charge in [-0.15, -0.1) is 0 Å². The lowest BCUT2D eigenvalue weighted by atomic mass is 10.1. The smallest absolute Gasteiger partial charge is 0.277 e. The summed E-state index contributed by atoms with van der Waals surface area (Å²) in [5.41, 5.74) is 1.09. The molecule has 2 aromatic heterocycles. The predicted octanol–water partition coefficient (Wildman–Crippen LogP) is 4.85. The van der Waals surface area contributed by atoms with Crippen LogP contribution in [-0.2, 0) is 13.1 Å². The van der Waals surface area contributed by atoms with Crippen LogP contribution in [0.2, 0.25) is 0 Å². The van der Waals surface area contributed by atoms with Crippen LogP contribution in [0.1, 0.15) is 42.2 Å². The first kappa shape index (κ1) is 22.0. The minimum absolute atomic E-state index is 0.174. The Morgan fingerprint density at radius 2 is 1.75 bits per heavy atom. The highest BCUT2D eigenvalue weighted by atomic mass is 79.9. The highest BCUT2D eigenvalue weighted by Gasteiger charge is 2.18. The lowest BCUT2D eigenvalue weighted by Crippen LogP contribution is -2.28. The van der Waals surface area contributed by atoms with Crippen molar-refractivity contribution in [3.05, 3.63) is 86.9 Å². The number of carbonyl (C=O) groups excluding carboxylic acids is 1. The molecule has 0 aliphatic rings. The number of nitrogens with zero attached hydrogens (tertiary/aromatic N) is 4. The fraction of sp³-hybridized carbons (Fsp3) is 0.250. The quantitative estimate of drug-likeness (QED) is 0.355. The Labute approximate surface area is 194 Å². The highest BCUT2D eigenvalue weighted by molar-refractivity contribution is 9.10. The molecule has 0 saturated heterocycles. The van der Waals surface area contributed by atoms with Crippen LogP contribution in [0.3, 0.4) is 0 Å². The first-order valence-corrected chi connectivity index (χ1v) is 11.4. The van der Waals surface area contributed by atoms with E-state index >= 15 is 0 Å². The largest absolute Gasteiger partial charge is 0.305 e. The number of hydrogen-bond donors (Lipinski definition) is 1. The van der Waals surface area contributed by atoms with Crippen LogP contribution in [0.15, 0.2) is 70.1 Å². The number of anilines is 1. The zero-order chi connectivity index (χ0) is 22.5. The molecule has 0 aliphatic carbocycles. The van der Waals surface area contributed by atoms with E-state index in [2.05, 4.69) is 38.4 Å². The molecule has 4 rings (SSSR count). The van der Waals surface area contributed by atoms with Gasteiger partial charge in [0.2, 0.25) is 0 Å². The van der Waals surface area contributed by atoms with Crippen molar-refractivity contribution in [3.8, 4) is 0 Å². The molecule has 0 bridgehead atoms. The molecule has 7 nitrogen and oxygen atoms in total. The SMILES string of the molecule is CCCCCn1nc(C(=O)Nc2ccnn2Cc2ccccc2Br)c2ccccc2c1=O. The van der Waals surface area contributed by atoms with Crippen LogP contribution in [0.5, 0.6) is 0 Å². The Morgan fingerprint density at radius 3 is 2.53 bits per heavy atom. The highest BCUT2D eigenvalue weighted by Crippen LogP contribution is 2.20. The molecule has 8 heteroatoms. The number of unbranched alkanes of at least 4 members (excludes halogenated alkanes) is 2. The topological polar surface area (TPSA) is 81.8 Å². The van der Waals surface area contributed by atoms with E-state index in [4.69, 9.17) is 0 Å². The van der Waals surface area contributed by atoms with Crippen LogP contribution >= 0.6 is 15.9 Å². The molecule has 0 fully saturated rings. The van der Waals surface area contributed by atoms with Gasteiger partial charge in [0.1, 0.15) is 5.82 Å². The van der Waals surface area contributed by atoms with Crippen molar-refractivity contribution in [1.82, 2.24) is 19.6 Å². The van der Waals surface area contributed by atoms with Gasteiger partial charge in [-0.1, -0.05) is 72.1 Å². The summed E-state index contributed by atoms with van der Waals surface area (Å²) in [5.74, 6) is 0.180. The number of rotatable bonds is 8. The van der Waals surface area contributed by atoms with E-state index in [1.54, 1.807) is 41.2 Å². The predicted molar refractivity (Wildman–Crippen MR) is 129 cm³/mol. The second kappa shape index (κ2) is 9.91. The molecule has 164 valence electrons. The van der Waals surface area contributed by atoms with Crippen molar-refractivity contribution < 1.29 is 4.79 Å². The van der Waals surface area contributed by atoms with Crippen molar-refractivity contribution in [3.63, 3.8) is 0 Å². The Hall–Kier alpha value is -3.26. The lowest BCUT2D eigenvalue weighted by Gasteiger charge is -2.13. The van der Waals surface area contributed by atoms with Gasteiger partial charge >= 0.3 is 0 Å². The second-order valence-electron chi connectivity index (χ2n) is 7.55. The molecule has 32 heavy (non-hydrogen) atoms. The summed E-state index contributed by atoms with van der Waals surface area (Å²) in [6, 6.07) is 16.7. The van der Waals surface area contributed by atoms with Crippen molar-refractivity contribution in [2.45, 2.75) is 39.3 Å². The molecular weight excluding hydrogens is 470 g/mol. The zero-order valence-electron chi connectivity index (χ0n) is 17.8. The molecule has 0 saturated carbocycles. The molecule has 1 N–H and O–H groups in total. The van der Waals surface area contributed by atoms with Crippen molar-refractivity contribution in [2.24, 2.45) is 0 Å². The number of aromatic nitrogens is 4. The maximum absolute atomic E-state index is 13.3. The molecule has 4 aromatic rings. The number of benzene rings is 2. The van der Waals surface area contributed by atoms with Crippen molar-refractivity contribution >= 4 is 38.4 Å². The summed E-state index contributed by atoms with van der Waals surface area (Å²) in [6.07, 6.45) is 4.51. The van der Waals surface area contributed by atoms with Crippen LogP contribution in [0, 0.1) is 0 Å². The fourth-order valence-electron chi connectivity index (χ4n) is 3.59. The minimum atomic E-state index is -0.376. The molecule has 0 spiro atoms. The van der Waals surface area contributed by atoms with Crippen molar-refractivity contribution in [1.29, 1.82) is 0 Å². The van der Waals surface area contributed by atoms with Gasteiger partial charge in [-0.05, 0) is 24.1 Å². The molecule has 2 heterocycles. The van der Waals surface area contributed by atoms with Crippen LogP contribution in [0.4, 0.5) is 5.82 Å². The standard InChI is InChI=1S/C24H24BrN5O2/c1-2-3-8-15-29-24(32)19-11-6-5-10-18(19)22(28-29)23(31)27-21-13-14-26-30(21)16-17-9-4-7-12-20(17)25/h4-7,9-14H,2-3,8,15-16H2,1H3,(H,27,31). The molecule has 2 aromatic carbocycles. The number of carbonyl (C=O) groups is 1. The fourth-order valence-corrected chi connectivity index (χ4v) is 4.00. The van der Waals surface area contributed by atoms with Crippen LogP contribution < -0.4 is 10.9 Å². The number of amides is 1. The van der Waals surface area contributed by atoms with E-state index in [1.165, 1.54) is 4.68 Å². The monoisotopic (exact) mass is 493 g/mol. The van der Waals surface area contributed by atoms with Gasteiger partial charge in [0, 0.05) is 22.5 Å². The zero-order valence-corrected chi connectivity index (χ0v) is 19.4. The normalized spacial score (nSPS) is 11.1. The Balaban J connectivity index is 1.65. The first-order valence-electron chi connectivity index (χ1n) is 10.6. The summed E-state index contributed by atoms with van der Waals surface area (Å²) >= 11 is 3.55. The van der Waals surface area contributed by atoms with Crippen molar-refractivity contribution in [2.75, 3.05) is 5.32 Å². The van der Waals surface area contributed by atoms with E-state index in [1.807, 2.05) is 24.3 Å². The van der Waals surface area contributed by atoms with Crippen LogP contribution in [-0.4, -0.2) is 25.5 Å². The summed E-state index contributed by atoms with van der Waals surface area (Å²) in [6.45, 7) is 3.08. The number of fused-ring (bicyclic) bond motifs is 1. The molecule has 0 aliphatic heterocycles. The molecule has 0 atom stereocenters.